The molecule has 0 N–H and O–H groups in total. The molecule has 132 valence electrons. The molecule has 2 aliphatic heterocycles. The van der Waals surface area contributed by atoms with Gasteiger partial charge in [0.1, 0.15) is 6.04 Å². The second-order valence-electron chi connectivity index (χ2n) is 6.07. The van der Waals surface area contributed by atoms with Crippen molar-refractivity contribution in [3.8, 4) is 0 Å². The fourth-order valence-corrected chi connectivity index (χ4v) is 5.12. The van der Waals surface area contributed by atoms with Gasteiger partial charge in [0, 0.05) is 36.5 Å². The molecule has 1 atom stereocenters. The summed E-state index contributed by atoms with van der Waals surface area (Å²) < 4.78 is 5.09. The van der Waals surface area contributed by atoms with E-state index in [0.717, 1.165) is 30.0 Å². The number of hydrogen-bond donors (Lipinski definition) is 0. The van der Waals surface area contributed by atoms with Crippen LogP contribution in [0.15, 0.2) is 16.8 Å². The van der Waals surface area contributed by atoms with Crippen molar-refractivity contribution in [3.63, 3.8) is 0 Å². The molecule has 0 radical (unpaired) electrons. The Hall–Kier alpha value is -1.74. The van der Waals surface area contributed by atoms with E-state index in [4.69, 9.17) is 4.52 Å². The van der Waals surface area contributed by atoms with E-state index in [0.29, 0.717) is 28.6 Å². The van der Waals surface area contributed by atoms with Crippen molar-refractivity contribution in [1.82, 2.24) is 19.9 Å². The van der Waals surface area contributed by atoms with Crippen LogP contribution >= 0.6 is 23.5 Å². The van der Waals surface area contributed by atoms with Crippen molar-refractivity contribution < 1.29 is 14.1 Å². The molecule has 0 aromatic carbocycles. The molecule has 25 heavy (non-hydrogen) atoms. The molecule has 2 aliphatic rings. The molecule has 2 fully saturated rings. The molecule has 0 bridgehead atoms. The van der Waals surface area contributed by atoms with Gasteiger partial charge in [-0.05, 0) is 13.0 Å². The van der Waals surface area contributed by atoms with Gasteiger partial charge in [-0.3, -0.25) is 9.59 Å². The Balaban J connectivity index is 1.56. The van der Waals surface area contributed by atoms with Gasteiger partial charge < -0.3 is 14.3 Å². The summed E-state index contributed by atoms with van der Waals surface area (Å²) in [4.78, 5) is 33.5. The fraction of sp³-hybridized carbons (Fsp3) is 0.500. The van der Waals surface area contributed by atoms with E-state index in [1.807, 2.05) is 23.6 Å². The number of carbonyl (C=O) groups is 2. The Labute approximate surface area is 153 Å². The first-order valence-corrected chi connectivity index (χ1v) is 10.4. The van der Waals surface area contributed by atoms with E-state index >= 15 is 0 Å². The molecule has 7 nitrogen and oxygen atoms in total. The Bertz CT molecular complexity index is 819. The Morgan fingerprint density at radius 1 is 1.28 bits per heavy atom. The Morgan fingerprint density at radius 3 is 2.88 bits per heavy atom. The van der Waals surface area contributed by atoms with Crippen LogP contribution in [-0.2, 0) is 4.79 Å². The molecule has 2 aromatic rings. The highest BCUT2D eigenvalue weighted by molar-refractivity contribution is 7.99. The second kappa shape index (κ2) is 6.87. The van der Waals surface area contributed by atoms with Gasteiger partial charge in [0.05, 0.1) is 22.5 Å². The molecule has 2 saturated heterocycles. The number of amides is 2. The summed E-state index contributed by atoms with van der Waals surface area (Å²) in [6, 6.07) is 1.36. The molecular formula is C16H18N4O3S2. The van der Waals surface area contributed by atoms with Crippen molar-refractivity contribution >= 4 is 46.4 Å². The average Bonchev–Trinajstić information content (AvgIpc) is 3.28. The van der Waals surface area contributed by atoms with Crippen LogP contribution in [0.4, 0.5) is 0 Å². The first-order valence-electron chi connectivity index (χ1n) is 8.12. The normalized spacial score (nSPS) is 21.1. The number of pyridine rings is 1. The summed E-state index contributed by atoms with van der Waals surface area (Å²) in [6.45, 7) is 3.34. The highest BCUT2D eigenvalue weighted by Crippen LogP contribution is 2.26. The summed E-state index contributed by atoms with van der Waals surface area (Å²) in [5, 5.41) is 4.60. The zero-order valence-electron chi connectivity index (χ0n) is 13.8. The van der Waals surface area contributed by atoms with E-state index < -0.39 is 0 Å². The zero-order chi connectivity index (χ0) is 17.4. The van der Waals surface area contributed by atoms with Crippen LogP contribution in [0.1, 0.15) is 16.1 Å². The van der Waals surface area contributed by atoms with Gasteiger partial charge in [-0.25, -0.2) is 4.98 Å². The van der Waals surface area contributed by atoms with Gasteiger partial charge in [0.25, 0.3) is 11.6 Å². The van der Waals surface area contributed by atoms with Gasteiger partial charge in [0.15, 0.2) is 0 Å². The van der Waals surface area contributed by atoms with Crippen LogP contribution in [0.2, 0.25) is 0 Å². The lowest BCUT2D eigenvalue weighted by Crippen LogP contribution is -2.51. The molecular weight excluding hydrogens is 360 g/mol. The Morgan fingerprint density at radius 2 is 2.08 bits per heavy atom. The molecule has 0 spiro atoms. The Kier molecular flexibility index (Phi) is 4.60. The minimum atomic E-state index is -0.389. The second-order valence-corrected chi connectivity index (χ2v) is 8.30. The van der Waals surface area contributed by atoms with Crippen molar-refractivity contribution in [2.75, 3.05) is 36.2 Å². The number of aryl methyl sites for hydroxylation is 1. The van der Waals surface area contributed by atoms with Crippen molar-refractivity contribution in [3.05, 3.63) is 23.5 Å². The van der Waals surface area contributed by atoms with Crippen LogP contribution in [0.5, 0.6) is 0 Å². The average molecular weight is 378 g/mol. The van der Waals surface area contributed by atoms with Gasteiger partial charge in [-0.2, -0.15) is 11.8 Å². The molecule has 1 unspecified atom stereocenters. The van der Waals surface area contributed by atoms with Crippen molar-refractivity contribution in [2.24, 2.45) is 0 Å². The molecule has 0 aliphatic carbocycles. The molecule has 2 amide bonds. The lowest BCUT2D eigenvalue weighted by atomic mass is 10.1. The van der Waals surface area contributed by atoms with Crippen molar-refractivity contribution in [2.45, 2.75) is 13.0 Å². The number of carbonyl (C=O) groups excluding carboxylic acids is 2. The molecule has 4 rings (SSSR count). The smallest absolute Gasteiger partial charge is 0.257 e. The fourth-order valence-electron chi connectivity index (χ4n) is 3.07. The predicted octanol–water partition coefficient (Wildman–Crippen LogP) is 1.62. The minimum Gasteiger partial charge on any atom is -0.339 e. The van der Waals surface area contributed by atoms with Gasteiger partial charge in [-0.1, -0.05) is 5.16 Å². The van der Waals surface area contributed by atoms with E-state index in [2.05, 4.69) is 10.1 Å². The van der Waals surface area contributed by atoms with Crippen LogP contribution in [0.3, 0.4) is 0 Å². The van der Waals surface area contributed by atoms with Gasteiger partial charge in [0.2, 0.25) is 5.91 Å². The topological polar surface area (TPSA) is 79.5 Å². The molecule has 0 saturated carbocycles. The standard InChI is InChI=1S/C16H18N4O3S2/c1-10-12-6-11(7-17-14(12)23-18-10)15(21)20-9-25-8-13(20)16(22)19-2-4-24-5-3-19/h6-7,13H,2-5,8-9H2,1H3. The van der Waals surface area contributed by atoms with Crippen molar-refractivity contribution in [1.29, 1.82) is 0 Å². The number of nitrogens with zero attached hydrogens (tertiary/aromatic N) is 4. The third-order valence-corrected chi connectivity index (χ3v) is 6.46. The number of rotatable bonds is 2. The summed E-state index contributed by atoms with van der Waals surface area (Å²) in [7, 11) is 0. The lowest BCUT2D eigenvalue weighted by molar-refractivity contribution is -0.134. The predicted molar refractivity (Wildman–Crippen MR) is 97.7 cm³/mol. The summed E-state index contributed by atoms with van der Waals surface area (Å²) in [5.41, 5.74) is 1.59. The highest BCUT2D eigenvalue weighted by atomic mass is 32.2. The van der Waals surface area contributed by atoms with Gasteiger partial charge >= 0.3 is 0 Å². The summed E-state index contributed by atoms with van der Waals surface area (Å²) in [6.07, 6.45) is 1.50. The molecule has 4 heterocycles. The van der Waals surface area contributed by atoms with Gasteiger partial charge in [-0.15, -0.1) is 11.8 Å². The first-order chi connectivity index (χ1) is 12.1. The summed E-state index contributed by atoms with van der Waals surface area (Å²) in [5.74, 6) is 3.01. The quantitative estimate of drug-likeness (QED) is 0.786. The van der Waals surface area contributed by atoms with E-state index in [1.54, 1.807) is 22.7 Å². The van der Waals surface area contributed by atoms with E-state index in [9.17, 15) is 9.59 Å². The van der Waals surface area contributed by atoms with Crippen LogP contribution < -0.4 is 0 Å². The first kappa shape index (κ1) is 16.7. The maximum Gasteiger partial charge on any atom is 0.257 e. The number of aromatic nitrogens is 2. The third kappa shape index (κ3) is 3.10. The minimum absolute atomic E-state index is 0.0637. The monoisotopic (exact) mass is 378 g/mol. The van der Waals surface area contributed by atoms with Crippen LogP contribution in [0.25, 0.3) is 11.1 Å². The van der Waals surface area contributed by atoms with E-state index in [1.165, 1.54) is 6.20 Å². The molecule has 9 heteroatoms. The molecule has 2 aromatic heterocycles. The summed E-state index contributed by atoms with van der Waals surface area (Å²) >= 11 is 3.48. The maximum absolute atomic E-state index is 13.0. The largest absolute Gasteiger partial charge is 0.339 e. The zero-order valence-corrected chi connectivity index (χ0v) is 15.4. The third-order valence-electron chi connectivity index (χ3n) is 4.51. The number of hydrogen-bond acceptors (Lipinski definition) is 7. The van der Waals surface area contributed by atoms with Crippen LogP contribution in [0, 0.1) is 6.92 Å². The lowest BCUT2D eigenvalue weighted by Gasteiger charge is -2.32. The SMILES string of the molecule is Cc1noc2ncc(C(=O)N3CSCC3C(=O)N3CCSCC3)cc12. The highest BCUT2D eigenvalue weighted by Gasteiger charge is 2.38. The van der Waals surface area contributed by atoms with Crippen LogP contribution in [-0.4, -0.2) is 74.0 Å². The number of thioether (sulfide) groups is 2. The number of fused-ring (bicyclic) bond motifs is 1. The van der Waals surface area contributed by atoms with E-state index in [-0.39, 0.29) is 17.9 Å². The maximum atomic E-state index is 13.0.